The summed E-state index contributed by atoms with van der Waals surface area (Å²) in [6.45, 7) is 1.05. The minimum Gasteiger partial charge on any atom is -0.269 e. The van der Waals surface area contributed by atoms with Crippen molar-refractivity contribution >= 4 is 17.8 Å². The monoisotopic (exact) mass is 224 g/mol. The Morgan fingerprint density at radius 2 is 1.87 bits per heavy atom. The van der Waals surface area contributed by atoms with Crippen LogP contribution in [0, 0.1) is 0 Å². The van der Waals surface area contributed by atoms with Gasteiger partial charge in [-0.2, -0.15) is 13.2 Å². The van der Waals surface area contributed by atoms with Gasteiger partial charge in [0, 0.05) is 6.04 Å². The standard InChI is InChI=1S/C7H7F3N2O3/c1-3(2-7(8,9)10)12-5(14)4(13)11-6(12)15/h3H,2H2,1H3,(H,11,13,15). The Hall–Kier alpha value is -1.60. The third-order valence-corrected chi connectivity index (χ3v) is 1.82. The highest BCUT2D eigenvalue weighted by Crippen LogP contribution is 2.24. The number of nitrogens with zero attached hydrogens (tertiary/aromatic N) is 1. The maximum Gasteiger partial charge on any atom is 0.391 e. The van der Waals surface area contributed by atoms with Crippen molar-refractivity contribution in [2.75, 3.05) is 0 Å². The Morgan fingerprint density at radius 3 is 2.20 bits per heavy atom. The van der Waals surface area contributed by atoms with Crippen LogP contribution in [-0.2, 0) is 9.59 Å². The van der Waals surface area contributed by atoms with Crippen LogP contribution in [0.1, 0.15) is 13.3 Å². The highest BCUT2D eigenvalue weighted by molar-refractivity contribution is 6.44. The zero-order valence-corrected chi connectivity index (χ0v) is 7.59. The summed E-state index contributed by atoms with van der Waals surface area (Å²) < 4.78 is 35.9. The number of imide groups is 2. The first kappa shape index (κ1) is 11.5. The van der Waals surface area contributed by atoms with E-state index in [0.29, 0.717) is 0 Å². The van der Waals surface area contributed by atoms with Crippen LogP contribution in [0.5, 0.6) is 0 Å². The Bertz CT molecular complexity index is 326. The Kier molecular flexibility index (Phi) is 2.69. The number of hydrogen-bond donors (Lipinski definition) is 1. The van der Waals surface area contributed by atoms with Gasteiger partial charge in [0.2, 0.25) is 0 Å². The minimum absolute atomic E-state index is 0.274. The molecule has 1 rings (SSSR count). The fourth-order valence-electron chi connectivity index (χ4n) is 1.24. The number of halogens is 3. The van der Waals surface area contributed by atoms with Gasteiger partial charge in [-0.05, 0) is 6.92 Å². The number of nitrogens with one attached hydrogen (secondary N) is 1. The van der Waals surface area contributed by atoms with Crippen LogP contribution >= 0.6 is 0 Å². The first-order valence-electron chi connectivity index (χ1n) is 3.97. The average Bonchev–Trinajstić information content (AvgIpc) is 2.22. The maximum atomic E-state index is 12.0. The van der Waals surface area contributed by atoms with Crippen LogP contribution in [0.3, 0.4) is 0 Å². The fourth-order valence-corrected chi connectivity index (χ4v) is 1.24. The molecule has 1 aliphatic heterocycles. The van der Waals surface area contributed by atoms with E-state index in [0.717, 1.165) is 6.92 Å². The molecule has 1 atom stereocenters. The SMILES string of the molecule is CC(CC(F)(F)F)N1C(=O)NC(=O)C1=O. The zero-order valence-electron chi connectivity index (χ0n) is 7.59. The summed E-state index contributed by atoms with van der Waals surface area (Å²) in [5.41, 5.74) is 0. The topological polar surface area (TPSA) is 66.5 Å². The van der Waals surface area contributed by atoms with Gasteiger partial charge in [0.15, 0.2) is 0 Å². The van der Waals surface area contributed by atoms with E-state index in [1.54, 1.807) is 5.32 Å². The number of urea groups is 1. The summed E-state index contributed by atoms with van der Waals surface area (Å²) in [4.78, 5) is 32.8. The summed E-state index contributed by atoms with van der Waals surface area (Å²) in [5.74, 6) is -2.45. The molecule has 1 fully saturated rings. The van der Waals surface area contributed by atoms with Crippen molar-refractivity contribution in [1.29, 1.82) is 0 Å². The van der Waals surface area contributed by atoms with Crippen molar-refractivity contribution < 1.29 is 27.6 Å². The van der Waals surface area contributed by atoms with Crippen molar-refractivity contribution in [3.63, 3.8) is 0 Å². The normalized spacial score (nSPS) is 19.5. The van der Waals surface area contributed by atoms with E-state index >= 15 is 0 Å². The van der Waals surface area contributed by atoms with Gasteiger partial charge in [0.05, 0.1) is 6.42 Å². The van der Waals surface area contributed by atoms with Crippen LogP contribution in [0.25, 0.3) is 0 Å². The highest BCUT2D eigenvalue weighted by atomic mass is 19.4. The Balaban J connectivity index is 2.76. The summed E-state index contributed by atoms with van der Waals surface area (Å²) in [6.07, 6.45) is -5.83. The first-order chi connectivity index (χ1) is 6.72. The van der Waals surface area contributed by atoms with Crippen LogP contribution in [0.4, 0.5) is 18.0 Å². The molecule has 0 spiro atoms. The van der Waals surface area contributed by atoms with Gasteiger partial charge in [0.25, 0.3) is 0 Å². The second kappa shape index (κ2) is 3.52. The molecule has 1 aliphatic rings. The minimum atomic E-state index is -4.49. The number of rotatable bonds is 2. The number of carbonyl (C=O) groups is 3. The summed E-state index contributed by atoms with van der Waals surface area (Å²) >= 11 is 0. The van der Waals surface area contributed by atoms with Crippen molar-refractivity contribution in [3.8, 4) is 0 Å². The molecule has 0 saturated carbocycles. The smallest absolute Gasteiger partial charge is 0.269 e. The molecule has 0 aromatic rings. The van der Waals surface area contributed by atoms with Crippen molar-refractivity contribution in [2.24, 2.45) is 0 Å². The lowest BCUT2D eigenvalue weighted by molar-refractivity contribution is -0.151. The third-order valence-electron chi connectivity index (χ3n) is 1.82. The molecule has 1 N–H and O–H groups in total. The summed E-state index contributed by atoms with van der Waals surface area (Å²) in [7, 11) is 0. The quantitative estimate of drug-likeness (QED) is 0.545. The lowest BCUT2D eigenvalue weighted by Crippen LogP contribution is -2.41. The molecule has 1 saturated heterocycles. The highest BCUT2D eigenvalue weighted by Gasteiger charge is 2.43. The molecule has 0 bridgehead atoms. The van der Waals surface area contributed by atoms with E-state index in [1.807, 2.05) is 0 Å². The number of carbonyl (C=O) groups excluding carboxylic acids is 3. The third kappa shape index (κ3) is 2.45. The second-order valence-corrected chi connectivity index (χ2v) is 3.10. The lowest BCUT2D eigenvalue weighted by Gasteiger charge is -2.21. The van der Waals surface area contributed by atoms with E-state index in [-0.39, 0.29) is 4.90 Å². The van der Waals surface area contributed by atoms with Gasteiger partial charge >= 0.3 is 24.0 Å². The molecule has 15 heavy (non-hydrogen) atoms. The molecular weight excluding hydrogens is 217 g/mol. The second-order valence-electron chi connectivity index (χ2n) is 3.10. The van der Waals surface area contributed by atoms with Gasteiger partial charge in [-0.15, -0.1) is 0 Å². The van der Waals surface area contributed by atoms with Crippen molar-refractivity contribution in [3.05, 3.63) is 0 Å². The van der Waals surface area contributed by atoms with Gasteiger partial charge in [-0.3, -0.25) is 19.8 Å². The van der Waals surface area contributed by atoms with E-state index in [2.05, 4.69) is 0 Å². The van der Waals surface area contributed by atoms with Crippen LogP contribution in [0.15, 0.2) is 0 Å². The van der Waals surface area contributed by atoms with Crippen LogP contribution < -0.4 is 5.32 Å². The molecule has 8 heteroatoms. The molecule has 84 valence electrons. The predicted molar refractivity (Wildman–Crippen MR) is 40.5 cm³/mol. The largest absolute Gasteiger partial charge is 0.391 e. The molecule has 0 aliphatic carbocycles. The van der Waals surface area contributed by atoms with Crippen LogP contribution in [-0.4, -0.2) is 35.0 Å². The van der Waals surface area contributed by atoms with Gasteiger partial charge in [0.1, 0.15) is 0 Å². The van der Waals surface area contributed by atoms with Crippen molar-refractivity contribution in [1.82, 2.24) is 10.2 Å². The molecule has 4 amide bonds. The van der Waals surface area contributed by atoms with E-state index < -0.39 is 36.5 Å². The molecule has 5 nitrogen and oxygen atoms in total. The van der Waals surface area contributed by atoms with E-state index in [4.69, 9.17) is 0 Å². The number of amides is 4. The maximum absolute atomic E-state index is 12.0. The van der Waals surface area contributed by atoms with Crippen LogP contribution in [0.2, 0.25) is 0 Å². The molecule has 0 radical (unpaired) electrons. The molecule has 0 aromatic carbocycles. The molecule has 1 unspecified atom stereocenters. The van der Waals surface area contributed by atoms with Gasteiger partial charge < -0.3 is 0 Å². The molecular formula is C7H7F3N2O3. The fraction of sp³-hybridized carbons (Fsp3) is 0.571. The van der Waals surface area contributed by atoms with E-state index in [1.165, 1.54) is 0 Å². The number of alkyl halides is 3. The summed E-state index contributed by atoms with van der Waals surface area (Å²) in [5, 5.41) is 1.61. The first-order valence-corrected chi connectivity index (χ1v) is 3.97. The Labute approximate surface area is 82.2 Å². The van der Waals surface area contributed by atoms with Gasteiger partial charge in [-0.25, -0.2) is 4.79 Å². The van der Waals surface area contributed by atoms with E-state index in [9.17, 15) is 27.6 Å². The summed E-state index contributed by atoms with van der Waals surface area (Å²) in [6, 6.07) is -2.49. The average molecular weight is 224 g/mol. The predicted octanol–water partition coefficient (Wildman–Crippen LogP) is 0.406. The zero-order chi connectivity index (χ0) is 11.8. The Morgan fingerprint density at radius 1 is 1.33 bits per heavy atom. The molecule has 1 heterocycles. The number of hydrogen-bond acceptors (Lipinski definition) is 3. The molecule has 0 aromatic heterocycles. The van der Waals surface area contributed by atoms with Gasteiger partial charge in [-0.1, -0.05) is 0 Å². The van der Waals surface area contributed by atoms with Crippen molar-refractivity contribution in [2.45, 2.75) is 25.6 Å². The lowest BCUT2D eigenvalue weighted by atomic mass is 10.2.